The summed E-state index contributed by atoms with van der Waals surface area (Å²) in [6, 6.07) is 11.5. The van der Waals surface area contributed by atoms with E-state index in [1.807, 2.05) is 50.2 Å². The Kier molecular flexibility index (Phi) is 5.37. The van der Waals surface area contributed by atoms with Gasteiger partial charge in [-0.05, 0) is 62.1 Å². The first kappa shape index (κ1) is 19.6. The van der Waals surface area contributed by atoms with Crippen molar-refractivity contribution in [1.82, 2.24) is 10.3 Å². The van der Waals surface area contributed by atoms with Gasteiger partial charge in [0.05, 0.1) is 0 Å². The van der Waals surface area contributed by atoms with Crippen LogP contribution in [-0.2, 0) is 9.59 Å². The van der Waals surface area contributed by atoms with Gasteiger partial charge in [0, 0.05) is 45.5 Å². The summed E-state index contributed by atoms with van der Waals surface area (Å²) in [5.41, 5.74) is 4.91. The fourth-order valence-electron chi connectivity index (χ4n) is 4.09. The third-order valence-corrected chi connectivity index (χ3v) is 5.85. The highest BCUT2D eigenvalue weighted by atomic mass is 79.9. The van der Waals surface area contributed by atoms with Gasteiger partial charge in [-0.15, -0.1) is 0 Å². The Bertz CT molecular complexity index is 1070. The topological polar surface area (TPSA) is 71.1 Å². The first-order valence-corrected chi connectivity index (χ1v) is 10.5. The van der Waals surface area contributed by atoms with E-state index < -0.39 is 5.92 Å². The molecule has 0 radical (unpaired) electrons. The zero-order valence-electron chi connectivity index (χ0n) is 16.4. The maximum atomic E-state index is 13.3. The Hall–Kier alpha value is -2.73. The summed E-state index contributed by atoms with van der Waals surface area (Å²) in [6.45, 7) is 3.85. The number of benzene rings is 1. The number of carbonyl (C=O) groups excluding carboxylic acids is 2. The summed E-state index contributed by atoms with van der Waals surface area (Å²) < 4.78 is 0.914. The molecule has 0 spiro atoms. The maximum absolute atomic E-state index is 13.3. The minimum atomic E-state index is -0.402. The number of ketones is 1. The van der Waals surface area contributed by atoms with E-state index in [4.69, 9.17) is 0 Å². The van der Waals surface area contributed by atoms with Crippen LogP contribution in [0, 0.1) is 6.92 Å². The first-order valence-electron chi connectivity index (χ1n) is 9.67. The number of pyridine rings is 1. The minimum absolute atomic E-state index is 0.107. The van der Waals surface area contributed by atoms with Gasteiger partial charge in [0.2, 0.25) is 0 Å². The van der Waals surface area contributed by atoms with Crippen LogP contribution in [0.5, 0.6) is 0 Å². The molecule has 29 heavy (non-hydrogen) atoms. The van der Waals surface area contributed by atoms with E-state index >= 15 is 0 Å². The normalized spacial score (nSPS) is 19.0. The summed E-state index contributed by atoms with van der Waals surface area (Å²) in [4.78, 5) is 30.5. The van der Waals surface area contributed by atoms with Crippen molar-refractivity contribution in [2.24, 2.45) is 0 Å². The van der Waals surface area contributed by atoms with Gasteiger partial charge in [0.15, 0.2) is 5.78 Å². The van der Waals surface area contributed by atoms with Gasteiger partial charge in [-0.2, -0.15) is 0 Å². The van der Waals surface area contributed by atoms with Gasteiger partial charge in [-0.25, -0.2) is 4.98 Å². The monoisotopic (exact) mass is 451 g/mol. The molecule has 1 atom stereocenters. The second-order valence-electron chi connectivity index (χ2n) is 7.49. The number of dihydropyridines is 1. The number of rotatable bonds is 3. The third kappa shape index (κ3) is 3.90. The summed E-state index contributed by atoms with van der Waals surface area (Å²) in [7, 11) is 0. The van der Waals surface area contributed by atoms with E-state index in [9.17, 15) is 9.59 Å². The standard InChI is InChI=1S/C23H22BrN3O2/c1-13-9-10-25-19(11-13)27-23(29)20-14(2)26-17-7-4-8-18(28)22(17)21(20)15-5-3-6-16(24)12-15/h3,5-6,9-12,21,26H,4,7-8H2,1-2H3,(H,25,27,29)/t21-/m0/s1. The number of aryl methyl sites for hydroxylation is 1. The number of halogens is 1. The molecule has 5 nitrogen and oxygen atoms in total. The van der Waals surface area contributed by atoms with Gasteiger partial charge >= 0.3 is 0 Å². The average molecular weight is 452 g/mol. The molecule has 0 saturated carbocycles. The summed E-state index contributed by atoms with van der Waals surface area (Å²) in [6.07, 6.45) is 3.83. The average Bonchev–Trinajstić information content (AvgIpc) is 2.67. The molecule has 1 aliphatic carbocycles. The van der Waals surface area contributed by atoms with Crippen molar-refractivity contribution in [1.29, 1.82) is 0 Å². The van der Waals surface area contributed by atoms with Crippen LogP contribution >= 0.6 is 15.9 Å². The van der Waals surface area contributed by atoms with Crippen LogP contribution in [0.2, 0.25) is 0 Å². The van der Waals surface area contributed by atoms with E-state index in [0.717, 1.165) is 39.8 Å². The molecule has 4 rings (SSSR count). The van der Waals surface area contributed by atoms with E-state index in [1.165, 1.54) is 0 Å². The number of hydrogen-bond acceptors (Lipinski definition) is 4. The number of amides is 1. The van der Waals surface area contributed by atoms with Crippen molar-refractivity contribution >= 4 is 33.4 Å². The van der Waals surface area contributed by atoms with Crippen LogP contribution < -0.4 is 10.6 Å². The molecule has 1 aromatic heterocycles. The molecule has 2 N–H and O–H groups in total. The Labute approximate surface area is 178 Å². The van der Waals surface area contributed by atoms with Gasteiger partial charge in [-0.3, -0.25) is 9.59 Å². The van der Waals surface area contributed by atoms with Crippen LogP contribution in [-0.4, -0.2) is 16.7 Å². The number of allylic oxidation sites excluding steroid dienone is 3. The van der Waals surface area contributed by atoms with Gasteiger partial charge < -0.3 is 10.6 Å². The highest BCUT2D eigenvalue weighted by Gasteiger charge is 2.38. The molecule has 1 aromatic carbocycles. The second kappa shape index (κ2) is 7.95. The number of aromatic nitrogens is 1. The van der Waals surface area contributed by atoms with Crippen LogP contribution in [0.15, 0.2) is 69.6 Å². The molecule has 0 bridgehead atoms. The minimum Gasteiger partial charge on any atom is -0.362 e. The van der Waals surface area contributed by atoms with E-state index in [-0.39, 0.29) is 11.7 Å². The summed E-state index contributed by atoms with van der Waals surface area (Å²) in [5, 5.41) is 6.25. The maximum Gasteiger partial charge on any atom is 0.255 e. The van der Waals surface area contributed by atoms with E-state index in [0.29, 0.717) is 23.4 Å². The number of hydrogen-bond donors (Lipinski definition) is 2. The fourth-order valence-corrected chi connectivity index (χ4v) is 4.51. The van der Waals surface area contributed by atoms with Crippen molar-refractivity contribution in [3.05, 3.63) is 80.7 Å². The quantitative estimate of drug-likeness (QED) is 0.705. The largest absolute Gasteiger partial charge is 0.362 e. The number of carbonyl (C=O) groups is 2. The lowest BCUT2D eigenvalue weighted by molar-refractivity contribution is -0.116. The molecular weight excluding hydrogens is 430 g/mol. The first-order chi connectivity index (χ1) is 13.9. The molecule has 2 heterocycles. The lowest BCUT2D eigenvalue weighted by Crippen LogP contribution is -2.35. The number of nitrogens with zero attached hydrogens (tertiary/aromatic N) is 1. The summed E-state index contributed by atoms with van der Waals surface area (Å²) >= 11 is 3.52. The molecular formula is C23H22BrN3O2. The fraction of sp³-hybridized carbons (Fsp3) is 0.261. The lowest BCUT2D eigenvalue weighted by Gasteiger charge is -2.34. The van der Waals surface area contributed by atoms with Crippen LogP contribution in [0.1, 0.15) is 43.2 Å². The number of Topliss-reactive ketones (excluding diaryl/α,β-unsaturated/α-hetero) is 1. The van der Waals surface area contributed by atoms with Gasteiger partial charge in [0.1, 0.15) is 5.82 Å². The molecule has 1 amide bonds. The Morgan fingerprint density at radius 1 is 1.21 bits per heavy atom. The smallest absolute Gasteiger partial charge is 0.255 e. The molecule has 6 heteroatoms. The predicted octanol–water partition coefficient (Wildman–Crippen LogP) is 4.76. The van der Waals surface area contributed by atoms with Crippen LogP contribution in [0.4, 0.5) is 5.82 Å². The van der Waals surface area contributed by atoms with E-state index in [1.54, 1.807) is 6.20 Å². The van der Waals surface area contributed by atoms with Crippen molar-refractivity contribution < 1.29 is 9.59 Å². The van der Waals surface area contributed by atoms with Gasteiger partial charge in [-0.1, -0.05) is 28.1 Å². The number of nitrogens with one attached hydrogen (secondary N) is 2. The molecule has 0 unspecified atom stereocenters. The molecule has 0 saturated heterocycles. The Morgan fingerprint density at radius 3 is 2.79 bits per heavy atom. The van der Waals surface area contributed by atoms with Crippen molar-refractivity contribution in [2.75, 3.05) is 5.32 Å². The third-order valence-electron chi connectivity index (χ3n) is 5.36. The number of anilines is 1. The molecule has 2 aliphatic rings. The Morgan fingerprint density at radius 2 is 2.03 bits per heavy atom. The SMILES string of the molecule is CC1=C(C(=O)Nc2cc(C)ccn2)[C@H](c2cccc(Br)c2)C2=C(CCCC2=O)N1. The molecule has 148 valence electrons. The van der Waals surface area contributed by atoms with Crippen molar-refractivity contribution in [3.63, 3.8) is 0 Å². The van der Waals surface area contributed by atoms with E-state index in [2.05, 4.69) is 31.5 Å². The lowest BCUT2D eigenvalue weighted by atomic mass is 9.75. The molecule has 2 aromatic rings. The van der Waals surface area contributed by atoms with Gasteiger partial charge in [0.25, 0.3) is 5.91 Å². The van der Waals surface area contributed by atoms with Crippen molar-refractivity contribution in [3.8, 4) is 0 Å². The Balaban J connectivity index is 1.79. The van der Waals surface area contributed by atoms with Crippen molar-refractivity contribution in [2.45, 2.75) is 39.0 Å². The van der Waals surface area contributed by atoms with Crippen LogP contribution in [0.3, 0.4) is 0 Å². The molecule has 0 fully saturated rings. The molecule has 1 aliphatic heterocycles. The second-order valence-corrected chi connectivity index (χ2v) is 8.41. The predicted molar refractivity (Wildman–Crippen MR) is 116 cm³/mol. The van der Waals surface area contributed by atoms with Crippen LogP contribution in [0.25, 0.3) is 0 Å². The highest BCUT2D eigenvalue weighted by molar-refractivity contribution is 9.10. The zero-order valence-corrected chi connectivity index (χ0v) is 18.0. The highest BCUT2D eigenvalue weighted by Crippen LogP contribution is 2.42. The zero-order chi connectivity index (χ0) is 20.5. The summed E-state index contributed by atoms with van der Waals surface area (Å²) in [5.74, 6) is -0.0439.